The zero-order chi connectivity index (χ0) is 9.07. The molecule has 0 aromatic heterocycles. The Balaban J connectivity index is 4.24. The maximum Gasteiger partial charge on any atom is 0.120 e. The van der Waals surface area contributed by atoms with Crippen LogP contribution in [-0.4, -0.2) is 41.5 Å². The Morgan fingerprint density at radius 2 is 1.91 bits per heavy atom. The fourth-order valence-corrected chi connectivity index (χ4v) is 1.05. The smallest absolute Gasteiger partial charge is 0.120 e. The quantitative estimate of drug-likeness (QED) is 0.582. The summed E-state index contributed by atoms with van der Waals surface area (Å²) in [7, 11) is 3.61. The maximum absolute atomic E-state index is 9.82. The standard InChI is InChI=1S/C8H19NO2/c1-5-7(6-10)8(2,11)9(3)4/h7,10-11H,5-6H2,1-4H3. The van der Waals surface area contributed by atoms with Gasteiger partial charge in [0.15, 0.2) is 0 Å². The van der Waals surface area contributed by atoms with Gasteiger partial charge in [-0.2, -0.15) is 0 Å². The van der Waals surface area contributed by atoms with E-state index in [0.717, 1.165) is 6.42 Å². The van der Waals surface area contributed by atoms with Crippen molar-refractivity contribution < 1.29 is 10.2 Å². The first kappa shape index (κ1) is 10.9. The van der Waals surface area contributed by atoms with Crippen molar-refractivity contribution in [2.75, 3.05) is 20.7 Å². The number of hydrogen-bond acceptors (Lipinski definition) is 3. The van der Waals surface area contributed by atoms with Crippen molar-refractivity contribution in [1.82, 2.24) is 4.90 Å². The molecule has 2 atom stereocenters. The molecule has 3 heteroatoms. The van der Waals surface area contributed by atoms with E-state index in [4.69, 9.17) is 5.11 Å². The molecule has 68 valence electrons. The molecule has 0 aliphatic carbocycles. The molecule has 11 heavy (non-hydrogen) atoms. The minimum absolute atomic E-state index is 0.0294. The van der Waals surface area contributed by atoms with Crippen LogP contribution in [0, 0.1) is 5.92 Å². The molecule has 0 aromatic rings. The lowest BCUT2D eigenvalue weighted by Crippen LogP contribution is -2.48. The second-order valence-electron chi connectivity index (χ2n) is 3.28. The average molecular weight is 161 g/mol. The van der Waals surface area contributed by atoms with Gasteiger partial charge in [-0.25, -0.2) is 0 Å². The van der Waals surface area contributed by atoms with Gasteiger partial charge in [-0.15, -0.1) is 0 Å². The zero-order valence-corrected chi connectivity index (χ0v) is 7.83. The Morgan fingerprint density at radius 1 is 1.45 bits per heavy atom. The Hall–Kier alpha value is -0.120. The molecule has 2 unspecified atom stereocenters. The number of rotatable bonds is 4. The molecule has 0 fully saturated rings. The minimum atomic E-state index is -0.899. The fourth-order valence-electron chi connectivity index (χ4n) is 1.05. The van der Waals surface area contributed by atoms with Gasteiger partial charge in [0.05, 0.1) is 0 Å². The van der Waals surface area contributed by atoms with Crippen molar-refractivity contribution in [3.63, 3.8) is 0 Å². The summed E-state index contributed by atoms with van der Waals surface area (Å²) in [5.41, 5.74) is -0.899. The summed E-state index contributed by atoms with van der Waals surface area (Å²) in [5.74, 6) is -0.0718. The topological polar surface area (TPSA) is 43.7 Å². The monoisotopic (exact) mass is 161 g/mol. The Kier molecular flexibility index (Phi) is 4.00. The maximum atomic E-state index is 9.82. The third-order valence-electron chi connectivity index (χ3n) is 2.39. The summed E-state index contributed by atoms with van der Waals surface area (Å²) in [5, 5.41) is 18.7. The highest BCUT2D eigenvalue weighted by Crippen LogP contribution is 2.21. The van der Waals surface area contributed by atoms with Crippen molar-refractivity contribution in [3.05, 3.63) is 0 Å². The summed E-state index contributed by atoms with van der Waals surface area (Å²) in [6.45, 7) is 3.71. The molecular weight excluding hydrogens is 142 g/mol. The van der Waals surface area contributed by atoms with Crippen molar-refractivity contribution in [1.29, 1.82) is 0 Å². The van der Waals surface area contributed by atoms with E-state index in [9.17, 15) is 5.11 Å². The van der Waals surface area contributed by atoms with E-state index >= 15 is 0 Å². The first-order chi connectivity index (χ1) is 4.96. The van der Waals surface area contributed by atoms with Crippen LogP contribution in [-0.2, 0) is 0 Å². The fraction of sp³-hybridized carbons (Fsp3) is 1.00. The van der Waals surface area contributed by atoms with Gasteiger partial charge in [0, 0.05) is 12.5 Å². The number of aliphatic hydroxyl groups excluding tert-OH is 1. The van der Waals surface area contributed by atoms with Gasteiger partial charge in [0.25, 0.3) is 0 Å². The molecule has 2 N–H and O–H groups in total. The molecule has 0 bridgehead atoms. The lowest BCUT2D eigenvalue weighted by atomic mass is 9.94. The van der Waals surface area contributed by atoms with E-state index in [1.165, 1.54) is 0 Å². The Bertz CT molecular complexity index is 109. The van der Waals surface area contributed by atoms with E-state index in [2.05, 4.69) is 0 Å². The van der Waals surface area contributed by atoms with Crippen molar-refractivity contribution in [2.45, 2.75) is 26.0 Å². The molecule has 0 saturated carbocycles. The van der Waals surface area contributed by atoms with Gasteiger partial charge in [-0.05, 0) is 27.4 Å². The van der Waals surface area contributed by atoms with Crippen LogP contribution in [0.25, 0.3) is 0 Å². The van der Waals surface area contributed by atoms with Crippen LogP contribution in [0.2, 0.25) is 0 Å². The van der Waals surface area contributed by atoms with Gasteiger partial charge in [-0.3, -0.25) is 4.90 Å². The van der Waals surface area contributed by atoms with Crippen molar-refractivity contribution in [3.8, 4) is 0 Å². The van der Waals surface area contributed by atoms with Crippen LogP contribution in [0.15, 0.2) is 0 Å². The predicted molar refractivity (Wildman–Crippen MR) is 45.2 cm³/mol. The molecule has 0 radical (unpaired) electrons. The van der Waals surface area contributed by atoms with E-state index in [1.807, 2.05) is 6.92 Å². The summed E-state index contributed by atoms with van der Waals surface area (Å²) < 4.78 is 0. The molecule has 0 aliphatic heterocycles. The van der Waals surface area contributed by atoms with Gasteiger partial charge in [-0.1, -0.05) is 6.92 Å². The summed E-state index contributed by atoms with van der Waals surface area (Å²) in [6, 6.07) is 0. The van der Waals surface area contributed by atoms with Gasteiger partial charge >= 0.3 is 0 Å². The van der Waals surface area contributed by atoms with Crippen LogP contribution in [0.1, 0.15) is 20.3 Å². The minimum Gasteiger partial charge on any atom is -0.396 e. The molecule has 3 nitrogen and oxygen atoms in total. The second-order valence-corrected chi connectivity index (χ2v) is 3.28. The molecule has 0 amide bonds. The molecule has 0 rings (SSSR count). The summed E-state index contributed by atoms with van der Waals surface area (Å²) in [6.07, 6.45) is 0.779. The zero-order valence-electron chi connectivity index (χ0n) is 7.83. The van der Waals surface area contributed by atoms with Crippen LogP contribution >= 0.6 is 0 Å². The highest BCUT2D eigenvalue weighted by atomic mass is 16.3. The number of aliphatic hydroxyl groups is 2. The SMILES string of the molecule is CCC(CO)C(C)(O)N(C)C. The number of hydrogen-bond donors (Lipinski definition) is 2. The molecule has 0 heterocycles. The Labute approximate surface area is 68.6 Å². The third-order valence-corrected chi connectivity index (χ3v) is 2.39. The van der Waals surface area contributed by atoms with Crippen molar-refractivity contribution in [2.24, 2.45) is 5.92 Å². The molecule has 0 spiro atoms. The largest absolute Gasteiger partial charge is 0.396 e. The molecule has 0 aliphatic rings. The van der Waals surface area contributed by atoms with Gasteiger partial charge in [0.2, 0.25) is 0 Å². The van der Waals surface area contributed by atoms with Crippen LogP contribution in [0.3, 0.4) is 0 Å². The average Bonchev–Trinajstić information content (AvgIpc) is 1.89. The lowest BCUT2D eigenvalue weighted by Gasteiger charge is -2.37. The van der Waals surface area contributed by atoms with E-state index < -0.39 is 5.72 Å². The molecule has 0 aromatic carbocycles. The van der Waals surface area contributed by atoms with E-state index in [0.29, 0.717) is 0 Å². The Morgan fingerprint density at radius 3 is 2.00 bits per heavy atom. The first-order valence-corrected chi connectivity index (χ1v) is 3.97. The third kappa shape index (κ3) is 2.43. The van der Waals surface area contributed by atoms with E-state index in [1.54, 1.807) is 25.9 Å². The molecule has 0 saturated heterocycles. The second kappa shape index (κ2) is 4.04. The predicted octanol–water partition coefficient (Wildman–Crippen LogP) is 0.275. The first-order valence-electron chi connectivity index (χ1n) is 3.97. The summed E-state index contributed by atoms with van der Waals surface area (Å²) in [4.78, 5) is 1.72. The molecular formula is C8H19NO2. The van der Waals surface area contributed by atoms with Crippen LogP contribution < -0.4 is 0 Å². The highest BCUT2D eigenvalue weighted by Gasteiger charge is 2.31. The highest BCUT2D eigenvalue weighted by molar-refractivity contribution is 4.77. The van der Waals surface area contributed by atoms with Gasteiger partial charge < -0.3 is 10.2 Å². The number of nitrogens with zero attached hydrogens (tertiary/aromatic N) is 1. The van der Waals surface area contributed by atoms with Crippen LogP contribution in [0.5, 0.6) is 0 Å². The summed E-state index contributed by atoms with van der Waals surface area (Å²) >= 11 is 0. The van der Waals surface area contributed by atoms with Crippen LogP contribution in [0.4, 0.5) is 0 Å². The van der Waals surface area contributed by atoms with Gasteiger partial charge in [0.1, 0.15) is 5.72 Å². The van der Waals surface area contributed by atoms with E-state index in [-0.39, 0.29) is 12.5 Å². The van der Waals surface area contributed by atoms with Crippen molar-refractivity contribution >= 4 is 0 Å². The normalized spacial score (nSPS) is 19.9. The lowest BCUT2D eigenvalue weighted by molar-refractivity contribution is -0.125.